The van der Waals surface area contributed by atoms with Gasteiger partial charge < -0.3 is 5.73 Å². The molecule has 1 saturated heterocycles. The summed E-state index contributed by atoms with van der Waals surface area (Å²) in [6.07, 6.45) is 2.75. The molecule has 1 atom stereocenters. The summed E-state index contributed by atoms with van der Waals surface area (Å²) in [7, 11) is -3.48. The van der Waals surface area contributed by atoms with Gasteiger partial charge in [0.1, 0.15) is 0 Å². The molecule has 1 heterocycles. The van der Waals surface area contributed by atoms with Crippen LogP contribution in [0, 0.1) is 0 Å². The Morgan fingerprint density at radius 2 is 2.11 bits per heavy atom. The average Bonchev–Trinajstić information content (AvgIpc) is 2.38. The topological polar surface area (TPSA) is 63.4 Å². The van der Waals surface area contributed by atoms with Crippen molar-refractivity contribution in [2.24, 2.45) is 5.73 Å². The third-order valence-electron chi connectivity index (χ3n) is 3.25. The largest absolute Gasteiger partial charge is 0.329 e. The second-order valence-corrected chi connectivity index (χ2v) is 6.79. The van der Waals surface area contributed by atoms with Crippen LogP contribution < -0.4 is 5.73 Å². The van der Waals surface area contributed by atoms with E-state index in [9.17, 15) is 8.42 Å². The number of nitrogens with zero attached hydrogens (tertiary/aromatic N) is 1. The van der Waals surface area contributed by atoms with E-state index in [1.54, 1.807) is 18.2 Å². The van der Waals surface area contributed by atoms with Gasteiger partial charge in [0.25, 0.3) is 0 Å². The second kappa shape index (κ2) is 6.90. The van der Waals surface area contributed by atoms with E-state index in [2.05, 4.69) is 0 Å². The Morgan fingerprint density at radius 1 is 1.37 bits per heavy atom. The first-order chi connectivity index (χ1) is 8.55. The summed E-state index contributed by atoms with van der Waals surface area (Å²) in [6, 6.07) is 6.28. The van der Waals surface area contributed by atoms with Gasteiger partial charge in [0.15, 0.2) is 0 Å². The summed E-state index contributed by atoms with van der Waals surface area (Å²) in [5, 5.41) is 0.428. The molecule has 0 amide bonds. The summed E-state index contributed by atoms with van der Waals surface area (Å²) in [6.45, 7) is 0.899. The van der Waals surface area contributed by atoms with E-state index < -0.39 is 10.0 Å². The van der Waals surface area contributed by atoms with Crippen LogP contribution in [0.4, 0.5) is 0 Å². The van der Waals surface area contributed by atoms with Gasteiger partial charge in [0.05, 0.1) is 4.90 Å². The minimum absolute atomic E-state index is 0. The normalized spacial score (nSPS) is 20.8. The number of rotatable bonds is 3. The Labute approximate surface area is 125 Å². The molecule has 1 fully saturated rings. The van der Waals surface area contributed by atoms with Crippen LogP contribution >= 0.6 is 24.0 Å². The van der Waals surface area contributed by atoms with Gasteiger partial charge >= 0.3 is 0 Å². The van der Waals surface area contributed by atoms with E-state index in [1.165, 1.54) is 10.4 Å². The van der Waals surface area contributed by atoms with Crippen LogP contribution in [-0.2, 0) is 10.0 Å². The number of sulfonamides is 1. The van der Waals surface area contributed by atoms with E-state index in [0.29, 0.717) is 18.1 Å². The highest BCUT2D eigenvalue weighted by Crippen LogP contribution is 2.26. The summed E-state index contributed by atoms with van der Waals surface area (Å²) in [4.78, 5) is 0.246. The number of nitrogens with two attached hydrogens (primary N) is 1. The van der Waals surface area contributed by atoms with E-state index in [-0.39, 0.29) is 23.3 Å². The van der Waals surface area contributed by atoms with Crippen LogP contribution in [0.25, 0.3) is 0 Å². The lowest BCUT2D eigenvalue weighted by Gasteiger charge is -2.33. The highest BCUT2D eigenvalue weighted by molar-refractivity contribution is 7.89. The number of halogens is 2. The third-order valence-corrected chi connectivity index (χ3v) is 5.43. The fourth-order valence-electron chi connectivity index (χ4n) is 2.29. The fourth-order valence-corrected chi connectivity index (χ4v) is 4.29. The molecule has 1 aromatic rings. The van der Waals surface area contributed by atoms with E-state index in [4.69, 9.17) is 17.3 Å². The summed E-state index contributed by atoms with van der Waals surface area (Å²) >= 11 is 5.85. The van der Waals surface area contributed by atoms with Crippen molar-refractivity contribution in [3.63, 3.8) is 0 Å². The molecule has 1 aromatic carbocycles. The minimum Gasteiger partial charge on any atom is -0.329 e. The molecular formula is C12H18Cl2N2O2S. The van der Waals surface area contributed by atoms with Gasteiger partial charge in [-0.2, -0.15) is 4.31 Å². The first-order valence-corrected chi connectivity index (χ1v) is 7.85. The smallest absolute Gasteiger partial charge is 0.243 e. The standard InChI is InChI=1S/C12H17ClN2O2S.ClH/c13-10-4-3-6-12(8-10)18(16,17)15-7-2-1-5-11(15)9-14;/h3-4,6,8,11H,1-2,5,7,9,14H2;1H. The summed E-state index contributed by atoms with van der Waals surface area (Å²) < 4.78 is 26.6. The zero-order chi connectivity index (χ0) is 13.2. The van der Waals surface area contributed by atoms with Gasteiger partial charge in [-0.05, 0) is 31.0 Å². The lowest BCUT2D eigenvalue weighted by atomic mass is 10.1. The maximum absolute atomic E-state index is 12.5. The van der Waals surface area contributed by atoms with Gasteiger partial charge in [-0.15, -0.1) is 12.4 Å². The Kier molecular flexibility index (Phi) is 6.08. The van der Waals surface area contributed by atoms with Gasteiger partial charge in [0, 0.05) is 24.2 Å². The summed E-state index contributed by atoms with van der Waals surface area (Å²) in [5.41, 5.74) is 5.67. The first kappa shape index (κ1) is 16.7. The highest BCUT2D eigenvalue weighted by Gasteiger charge is 2.32. The molecule has 0 aromatic heterocycles. The Bertz CT molecular complexity index is 522. The molecule has 0 spiro atoms. The van der Waals surface area contributed by atoms with Gasteiger partial charge in [-0.25, -0.2) is 8.42 Å². The quantitative estimate of drug-likeness (QED) is 0.927. The van der Waals surface area contributed by atoms with Crippen molar-refractivity contribution < 1.29 is 8.42 Å². The predicted molar refractivity (Wildman–Crippen MR) is 79.3 cm³/mol. The zero-order valence-corrected chi connectivity index (χ0v) is 12.8. The van der Waals surface area contributed by atoms with Crippen molar-refractivity contribution in [2.75, 3.05) is 13.1 Å². The molecule has 108 valence electrons. The van der Waals surface area contributed by atoms with Crippen molar-refractivity contribution in [3.05, 3.63) is 29.3 Å². The van der Waals surface area contributed by atoms with Crippen molar-refractivity contribution in [1.82, 2.24) is 4.31 Å². The molecule has 4 nitrogen and oxygen atoms in total. The van der Waals surface area contributed by atoms with Crippen LogP contribution in [0.5, 0.6) is 0 Å². The third kappa shape index (κ3) is 3.61. The lowest BCUT2D eigenvalue weighted by Crippen LogP contribution is -2.47. The monoisotopic (exact) mass is 324 g/mol. The molecule has 1 aliphatic heterocycles. The van der Waals surface area contributed by atoms with Gasteiger partial charge in [-0.1, -0.05) is 24.1 Å². The fraction of sp³-hybridized carbons (Fsp3) is 0.500. The molecule has 0 saturated carbocycles. The molecule has 7 heteroatoms. The maximum atomic E-state index is 12.5. The predicted octanol–water partition coefficient (Wildman–Crippen LogP) is 2.26. The average molecular weight is 325 g/mol. The number of hydrogen-bond acceptors (Lipinski definition) is 3. The van der Waals surface area contributed by atoms with Gasteiger partial charge in [-0.3, -0.25) is 0 Å². The number of piperidine rings is 1. The van der Waals surface area contributed by atoms with Crippen molar-refractivity contribution in [1.29, 1.82) is 0 Å². The van der Waals surface area contributed by atoms with Crippen LogP contribution in [0.3, 0.4) is 0 Å². The first-order valence-electron chi connectivity index (χ1n) is 6.03. The minimum atomic E-state index is -3.48. The molecule has 1 unspecified atom stereocenters. The molecule has 1 aliphatic rings. The zero-order valence-electron chi connectivity index (χ0n) is 10.5. The molecule has 2 rings (SSSR count). The van der Waals surface area contributed by atoms with E-state index in [1.807, 2.05) is 0 Å². The number of hydrogen-bond donors (Lipinski definition) is 1. The van der Waals surface area contributed by atoms with Crippen molar-refractivity contribution >= 4 is 34.0 Å². The lowest BCUT2D eigenvalue weighted by molar-refractivity contribution is 0.257. The van der Waals surface area contributed by atoms with Crippen molar-refractivity contribution in [2.45, 2.75) is 30.2 Å². The summed E-state index contributed by atoms with van der Waals surface area (Å²) in [5.74, 6) is 0. The van der Waals surface area contributed by atoms with Crippen LogP contribution in [0.1, 0.15) is 19.3 Å². The Hall–Kier alpha value is -0.330. The molecular weight excluding hydrogens is 307 g/mol. The van der Waals surface area contributed by atoms with E-state index >= 15 is 0 Å². The Morgan fingerprint density at radius 3 is 2.74 bits per heavy atom. The van der Waals surface area contributed by atoms with Crippen molar-refractivity contribution in [3.8, 4) is 0 Å². The van der Waals surface area contributed by atoms with Crippen LogP contribution in [-0.4, -0.2) is 31.9 Å². The molecule has 0 aliphatic carbocycles. The van der Waals surface area contributed by atoms with Crippen LogP contribution in [0.15, 0.2) is 29.2 Å². The second-order valence-electron chi connectivity index (χ2n) is 4.46. The van der Waals surface area contributed by atoms with E-state index in [0.717, 1.165) is 19.3 Å². The number of benzene rings is 1. The highest BCUT2D eigenvalue weighted by atomic mass is 35.5. The maximum Gasteiger partial charge on any atom is 0.243 e. The molecule has 19 heavy (non-hydrogen) atoms. The van der Waals surface area contributed by atoms with Crippen LogP contribution in [0.2, 0.25) is 5.02 Å². The van der Waals surface area contributed by atoms with Gasteiger partial charge in [0.2, 0.25) is 10.0 Å². The molecule has 0 bridgehead atoms. The SMILES string of the molecule is Cl.NCC1CCCCN1S(=O)(=O)c1cccc(Cl)c1. The molecule has 0 radical (unpaired) electrons. The molecule has 2 N–H and O–H groups in total. The Balaban J connectivity index is 0.00000180.